The van der Waals surface area contributed by atoms with Crippen LogP contribution in [0.4, 0.5) is 5.69 Å². The molecule has 0 spiro atoms. The average molecular weight is 378 g/mol. The molecule has 0 radical (unpaired) electrons. The molecule has 0 aliphatic rings. The Hall–Kier alpha value is -3.19. The van der Waals surface area contributed by atoms with Crippen LogP contribution in [0.3, 0.4) is 0 Å². The number of nitrogens with zero attached hydrogens (tertiary/aromatic N) is 3. The number of sulfonamides is 1. The molecule has 2 aromatic carbocycles. The maximum atomic E-state index is 12.6. The Balaban J connectivity index is 1.72. The van der Waals surface area contributed by atoms with Crippen LogP contribution in [0.5, 0.6) is 0 Å². The zero-order chi connectivity index (χ0) is 19.0. The van der Waals surface area contributed by atoms with Crippen LogP contribution in [-0.4, -0.2) is 23.2 Å². The van der Waals surface area contributed by atoms with Crippen molar-refractivity contribution in [2.75, 3.05) is 4.72 Å². The Morgan fingerprint density at radius 2 is 1.67 bits per heavy atom. The van der Waals surface area contributed by atoms with E-state index in [0.717, 1.165) is 22.3 Å². The molecule has 0 aliphatic heterocycles. The van der Waals surface area contributed by atoms with Crippen molar-refractivity contribution in [1.82, 2.24) is 14.8 Å². The first-order chi connectivity index (χ1) is 12.9. The van der Waals surface area contributed by atoms with Gasteiger partial charge in [0.15, 0.2) is 5.65 Å². The van der Waals surface area contributed by atoms with Gasteiger partial charge in [0.2, 0.25) is 0 Å². The lowest BCUT2D eigenvalue weighted by Gasteiger charge is -2.08. The zero-order valence-electron chi connectivity index (χ0n) is 14.9. The molecule has 4 aromatic rings. The van der Waals surface area contributed by atoms with E-state index < -0.39 is 10.0 Å². The van der Waals surface area contributed by atoms with Gasteiger partial charge in [-0.2, -0.15) is 5.10 Å². The van der Waals surface area contributed by atoms with Crippen molar-refractivity contribution >= 4 is 26.7 Å². The van der Waals surface area contributed by atoms with Crippen molar-refractivity contribution in [1.29, 1.82) is 0 Å². The fourth-order valence-corrected chi connectivity index (χ4v) is 3.91. The summed E-state index contributed by atoms with van der Waals surface area (Å²) >= 11 is 0. The smallest absolute Gasteiger partial charge is 0.261 e. The van der Waals surface area contributed by atoms with Crippen LogP contribution in [0.15, 0.2) is 71.8 Å². The lowest BCUT2D eigenvalue weighted by molar-refractivity contribution is 0.601. The van der Waals surface area contributed by atoms with Crippen LogP contribution < -0.4 is 4.72 Å². The molecule has 0 saturated heterocycles. The minimum Gasteiger partial charge on any atom is -0.278 e. The van der Waals surface area contributed by atoms with Gasteiger partial charge in [0.25, 0.3) is 10.0 Å². The number of benzene rings is 2. The first-order valence-electron chi connectivity index (χ1n) is 8.44. The Morgan fingerprint density at radius 3 is 2.37 bits per heavy atom. The molecule has 136 valence electrons. The van der Waals surface area contributed by atoms with Gasteiger partial charge in [-0.15, -0.1) is 0 Å². The van der Waals surface area contributed by atoms with Gasteiger partial charge in [0, 0.05) is 5.39 Å². The molecule has 7 heteroatoms. The van der Waals surface area contributed by atoms with E-state index in [1.807, 2.05) is 44.2 Å². The van der Waals surface area contributed by atoms with Crippen LogP contribution >= 0.6 is 0 Å². The van der Waals surface area contributed by atoms with Gasteiger partial charge in [0.1, 0.15) is 0 Å². The fraction of sp³-hybridized carbons (Fsp3) is 0.100. The monoisotopic (exact) mass is 378 g/mol. The summed E-state index contributed by atoms with van der Waals surface area (Å²) in [5, 5.41) is 5.34. The van der Waals surface area contributed by atoms with E-state index in [0.29, 0.717) is 11.3 Å². The topological polar surface area (TPSA) is 76.9 Å². The largest absolute Gasteiger partial charge is 0.278 e. The summed E-state index contributed by atoms with van der Waals surface area (Å²) in [5.74, 6) is 0. The van der Waals surface area contributed by atoms with Gasteiger partial charge in [-0.3, -0.25) is 4.72 Å². The van der Waals surface area contributed by atoms with E-state index >= 15 is 0 Å². The third kappa shape index (κ3) is 3.29. The van der Waals surface area contributed by atoms with Crippen molar-refractivity contribution in [3.8, 4) is 5.69 Å². The number of aromatic nitrogens is 3. The summed E-state index contributed by atoms with van der Waals surface area (Å²) in [6.45, 7) is 3.79. The highest BCUT2D eigenvalue weighted by atomic mass is 32.2. The number of fused-ring (bicyclic) bond motifs is 1. The maximum Gasteiger partial charge on any atom is 0.261 e. The van der Waals surface area contributed by atoms with Crippen molar-refractivity contribution in [3.05, 3.63) is 78.1 Å². The van der Waals surface area contributed by atoms with Crippen LogP contribution in [0.1, 0.15) is 11.3 Å². The third-order valence-electron chi connectivity index (χ3n) is 4.29. The number of hydrogen-bond donors (Lipinski definition) is 1. The Bertz CT molecular complexity index is 1210. The van der Waals surface area contributed by atoms with Gasteiger partial charge in [-0.1, -0.05) is 35.9 Å². The number of hydrogen-bond acceptors (Lipinski definition) is 4. The summed E-state index contributed by atoms with van der Waals surface area (Å²) in [5.41, 5.74) is 3.76. The first kappa shape index (κ1) is 17.2. The van der Waals surface area contributed by atoms with Gasteiger partial charge in [-0.05, 0) is 44.2 Å². The highest BCUT2D eigenvalue weighted by Crippen LogP contribution is 2.24. The van der Waals surface area contributed by atoms with Gasteiger partial charge >= 0.3 is 0 Å². The molecule has 27 heavy (non-hydrogen) atoms. The Labute approximate surface area is 157 Å². The summed E-state index contributed by atoms with van der Waals surface area (Å²) in [6, 6.07) is 18.2. The minimum absolute atomic E-state index is 0.213. The second kappa shape index (κ2) is 6.51. The van der Waals surface area contributed by atoms with Gasteiger partial charge in [-0.25, -0.2) is 18.1 Å². The molecule has 2 aromatic heterocycles. The first-order valence-corrected chi connectivity index (χ1v) is 9.93. The third-order valence-corrected chi connectivity index (χ3v) is 5.69. The highest BCUT2D eigenvalue weighted by Gasteiger charge is 2.16. The van der Waals surface area contributed by atoms with Crippen LogP contribution in [0, 0.1) is 13.8 Å². The summed E-state index contributed by atoms with van der Waals surface area (Å²) < 4.78 is 29.5. The molecule has 6 nitrogen and oxygen atoms in total. The molecular formula is C20H18N4O2S. The standard InChI is InChI=1S/C20H18N4O2S/c1-14-8-10-18(11-9-14)27(25,26)23-16-12-19-15(2)22-24(20(19)21-13-16)17-6-4-3-5-7-17/h3-13,23H,1-2H3. The van der Waals surface area contributed by atoms with E-state index in [2.05, 4.69) is 14.8 Å². The summed E-state index contributed by atoms with van der Waals surface area (Å²) in [6.07, 6.45) is 1.51. The molecule has 0 fully saturated rings. The van der Waals surface area contributed by atoms with E-state index in [1.54, 1.807) is 35.0 Å². The highest BCUT2D eigenvalue weighted by molar-refractivity contribution is 7.92. The van der Waals surface area contributed by atoms with E-state index in [9.17, 15) is 8.42 Å². The summed E-state index contributed by atoms with van der Waals surface area (Å²) in [7, 11) is -3.67. The second-order valence-electron chi connectivity index (χ2n) is 6.35. The molecule has 0 aliphatic carbocycles. The second-order valence-corrected chi connectivity index (χ2v) is 8.03. The van der Waals surface area contributed by atoms with Gasteiger partial charge in [0.05, 0.1) is 28.2 Å². The predicted molar refractivity (Wildman–Crippen MR) is 106 cm³/mol. The maximum absolute atomic E-state index is 12.6. The molecule has 1 N–H and O–H groups in total. The molecule has 0 unspecified atom stereocenters. The normalized spacial score (nSPS) is 11.6. The SMILES string of the molecule is Cc1ccc(S(=O)(=O)Nc2cnc3c(c2)c(C)nn3-c2ccccc2)cc1. The summed E-state index contributed by atoms with van der Waals surface area (Å²) in [4.78, 5) is 4.66. The molecule has 0 amide bonds. The minimum atomic E-state index is -3.67. The lowest BCUT2D eigenvalue weighted by Crippen LogP contribution is -2.13. The molecule has 0 saturated carbocycles. The van der Waals surface area contributed by atoms with Crippen molar-refractivity contribution in [3.63, 3.8) is 0 Å². The number of rotatable bonds is 4. The van der Waals surface area contributed by atoms with E-state index in [-0.39, 0.29) is 4.90 Å². The molecule has 0 bridgehead atoms. The van der Waals surface area contributed by atoms with Crippen LogP contribution in [0.25, 0.3) is 16.7 Å². The van der Waals surface area contributed by atoms with Crippen LogP contribution in [0.2, 0.25) is 0 Å². The average Bonchev–Trinajstić information content (AvgIpc) is 2.99. The Morgan fingerprint density at radius 1 is 0.963 bits per heavy atom. The zero-order valence-corrected chi connectivity index (χ0v) is 15.7. The van der Waals surface area contributed by atoms with Crippen LogP contribution in [-0.2, 0) is 10.0 Å². The lowest BCUT2D eigenvalue weighted by atomic mass is 10.2. The number of anilines is 1. The number of para-hydroxylation sites is 1. The van der Waals surface area contributed by atoms with E-state index in [4.69, 9.17) is 0 Å². The molecule has 4 rings (SSSR count). The van der Waals surface area contributed by atoms with Crippen molar-refractivity contribution in [2.45, 2.75) is 18.7 Å². The van der Waals surface area contributed by atoms with Crippen molar-refractivity contribution in [2.24, 2.45) is 0 Å². The molecular weight excluding hydrogens is 360 g/mol. The van der Waals surface area contributed by atoms with Crippen molar-refractivity contribution < 1.29 is 8.42 Å². The predicted octanol–water partition coefficient (Wildman–Crippen LogP) is 3.84. The number of nitrogens with one attached hydrogen (secondary N) is 1. The molecule has 0 atom stereocenters. The van der Waals surface area contributed by atoms with E-state index in [1.165, 1.54) is 6.20 Å². The fourth-order valence-electron chi connectivity index (χ4n) is 2.88. The number of aryl methyl sites for hydroxylation is 2. The Kier molecular flexibility index (Phi) is 4.16. The van der Waals surface area contributed by atoms with Gasteiger partial charge < -0.3 is 0 Å². The quantitative estimate of drug-likeness (QED) is 0.585. The number of pyridine rings is 1. The molecule has 2 heterocycles.